The van der Waals surface area contributed by atoms with Gasteiger partial charge in [0.2, 0.25) is 0 Å². The molecule has 3 aromatic rings. The molecule has 0 saturated heterocycles. The van der Waals surface area contributed by atoms with E-state index in [-0.39, 0.29) is 11.9 Å². The van der Waals surface area contributed by atoms with E-state index < -0.39 is 0 Å². The van der Waals surface area contributed by atoms with Crippen LogP contribution in [0.15, 0.2) is 47.0 Å². The fraction of sp³-hybridized carbons (Fsp3) is 0.548. The van der Waals surface area contributed by atoms with Crippen molar-refractivity contribution in [3.63, 3.8) is 0 Å². The summed E-state index contributed by atoms with van der Waals surface area (Å²) >= 11 is 0. The molecule has 0 unspecified atom stereocenters. The Hall–Kier alpha value is -2.74. The second kappa shape index (κ2) is 16.3. The quantitative estimate of drug-likeness (QED) is 0.137. The van der Waals surface area contributed by atoms with Crippen LogP contribution in [-0.2, 0) is 25.7 Å². The highest BCUT2D eigenvalue weighted by Gasteiger charge is 2.10. The Morgan fingerprint density at radius 3 is 2.47 bits per heavy atom. The van der Waals surface area contributed by atoms with Crippen LogP contribution in [0.1, 0.15) is 80.2 Å². The fourth-order valence-corrected chi connectivity index (χ4v) is 4.55. The number of rotatable bonds is 19. The van der Waals surface area contributed by atoms with E-state index in [9.17, 15) is 10.2 Å². The van der Waals surface area contributed by atoms with Gasteiger partial charge in [-0.05, 0) is 80.1 Å². The number of nitrogens with one attached hydrogen (secondary N) is 2. The zero-order valence-electron chi connectivity index (χ0n) is 23.2. The zero-order valence-corrected chi connectivity index (χ0v) is 23.2. The van der Waals surface area contributed by atoms with E-state index in [1.54, 1.807) is 13.0 Å². The average Bonchev–Trinajstić information content (AvgIpc) is 3.56. The molecule has 2 heterocycles. The number of aliphatic hydroxyl groups is 1. The lowest BCUT2D eigenvalue weighted by Crippen LogP contribution is -2.27. The third-order valence-corrected chi connectivity index (χ3v) is 6.88. The molecule has 210 valence electrons. The van der Waals surface area contributed by atoms with Crippen LogP contribution < -0.4 is 15.8 Å². The van der Waals surface area contributed by atoms with Crippen molar-refractivity contribution in [2.45, 2.75) is 83.7 Å². The third-order valence-electron chi connectivity index (χ3n) is 6.88. The van der Waals surface area contributed by atoms with E-state index in [2.05, 4.69) is 35.4 Å². The van der Waals surface area contributed by atoms with Gasteiger partial charge in [-0.2, -0.15) is 0 Å². The van der Waals surface area contributed by atoms with Crippen molar-refractivity contribution in [3.8, 4) is 11.5 Å². The van der Waals surface area contributed by atoms with Crippen molar-refractivity contribution in [1.82, 2.24) is 10.3 Å². The number of furan rings is 1. The molecule has 1 aromatic carbocycles. The van der Waals surface area contributed by atoms with Gasteiger partial charge >= 0.3 is 0 Å². The first kappa shape index (κ1) is 29.8. The number of H-pyrrole nitrogens is 1. The number of aromatic nitrogens is 1. The molecule has 0 fully saturated rings. The van der Waals surface area contributed by atoms with Crippen molar-refractivity contribution < 1.29 is 19.4 Å². The number of aliphatic hydroxyl groups excluding tert-OH is 1. The molecule has 38 heavy (non-hydrogen) atoms. The number of aromatic amines is 1. The molecule has 3 rings (SSSR count). The Labute approximate surface area is 227 Å². The summed E-state index contributed by atoms with van der Waals surface area (Å²) in [7, 11) is 0. The molecular formula is C31H47N3O4. The number of ether oxygens (including phenoxy) is 1. The lowest BCUT2D eigenvalue weighted by molar-refractivity contribution is 0.191. The monoisotopic (exact) mass is 525 g/mol. The minimum atomic E-state index is -0.342. The molecule has 0 spiro atoms. The Bertz CT molecular complexity index is 1060. The van der Waals surface area contributed by atoms with E-state index in [1.165, 1.54) is 24.8 Å². The number of phenols is 1. The van der Waals surface area contributed by atoms with Gasteiger partial charge < -0.3 is 35.4 Å². The molecule has 7 nitrogen and oxygen atoms in total. The van der Waals surface area contributed by atoms with Gasteiger partial charge in [0.15, 0.2) is 11.5 Å². The van der Waals surface area contributed by atoms with E-state index in [0.717, 1.165) is 74.4 Å². The number of hydrogen-bond donors (Lipinski definition) is 5. The summed E-state index contributed by atoms with van der Waals surface area (Å²) in [4.78, 5) is 3.33. The molecule has 0 amide bonds. The van der Waals surface area contributed by atoms with Crippen LogP contribution in [0.4, 0.5) is 0 Å². The summed E-state index contributed by atoms with van der Waals surface area (Å²) in [5, 5.41) is 23.0. The van der Waals surface area contributed by atoms with Crippen molar-refractivity contribution in [2.75, 3.05) is 26.2 Å². The Balaban J connectivity index is 1.40. The molecular weight excluding hydrogens is 478 g/mol. The van der Waals surface area contributed by atoms with Gasteiger partial charge in [0.05, 0.1) is 12.7 Å². The smallest absolute Gasteiger partial charge is 0.161 e. The second-order valence-electron chi connectivity index (χ2n) is 10.4. The van der Waals surface area contributed by atoms with Gasteiger partial charge in [0, 0.05) is 44.2 Å². The molecule has 0 aliphatic heterocycles. The van der Waals surface area contributed by atoms with Crippen molar-refractivity contribution in [3.05, 3.63) is 70.9 Å². The lowest BCUT2D eigenvalue weighted by atomic mass is 10.0. The average molecular weight is 526 g/mol. The molecule has 0 aliphatic rings. The Morgan fingerprint density at radius 1 is 0.921 bits per heavy atom. The minimum absolute atomic E-state index is 0.158. The summed E-state index contributed by atoms with van der Waals surface area (Å²) in [5.74, 6) is 3.07. The molecule has 6 N–H and O–H groups in total. The van der Waals surface area contributed by atoms with Crippen LogP contribution in [0.3, 0.4) is 0 Å². The zero-order chi connectivity index (χ0) is 27.2. The van der Waals surface area contributed by atoms with Gasteiger partial charge in [-0.1, -0.05) is 32.3 Å². The van der Waals surface area contributed by atoms with Crippen LogP contribution in [0.25, 0.3) is 0 Å². The van der Waals surface area contributed by atoms with Crippen LogP contribution in [0, 0.1) is 0 Å². The summed E-state index contributed by atoms with van der Waals surface area (Å²) in [6.07, 6.45) is 11.0. The van der Waals surface area contributed by atoms with E-state index >= 15 is 0 Å². The SMILES string of the molecule is C[C@H](O)CNC[C@H](C)c1c[nH]c(CCOc2cc(CCc3ccc(CCCCCCCN)o3)ccc2O)c1. The third kappa shape index (κ3) is 10.6. The molecule has 2 aromatic heterocycles. The summed E-state index contributed by atoms with van der Waals surface area (Å²) in [6, 6.07) is 11.9. The van der Waals surface area contributed by atoms with E-state index in [1.807, 2.05) is 18.3 Å². The largest absolute Gasteiger partial charge is 0.504 e. The van der Waals surface area contributed by atoms with E-state index in [4.69, 9.17) is 14.9 Å². The first-order valence-corrected chi connectivity index (χ1v) is 14.2. The van der Waals surface area contributed by atoms with Gasteiger partial charge in [-0.25, -0.2) is 0 Å². The summed E-state index contributed by atoms with van der Waals surface area (Å²) in [6.45, 7) is 6.61. The molecule has 2 atom stereocenters. The second-order valence-corrected chi connectivity index (χ2v) is 10.4. The highest BCUT2D eigenvalue weighted by atomic mass is 16.5. The van der Waals surface area contributed by atoms with Gasteiger partial charge in [0.25, 0.3) is 0 Å². The van der Waals surface area contributed by atoms with Crippen molar-refractivity contribution in [2.24, 2.45) is 5.73 Å². The first-order chi connectivity index (χ1) is 18.4. The van der Waals surface area contributed by atoms with Crippen molar-refractivity contribution >= 4 is 0 Å². The minimum Gasteiger partial charge on any atom is -0.504 e. The maximum Gasteiger partial charge on any atom is 0.161 e. The highest BCUT2D eigenvalue weighted by Crippen LogP contribution is 2.28. The predicted octanol–water partition coefficient (Wildman–Crippen LogP) is 5.25. The van der Waals surface area contributed by atoms with Crippen LogP contribution in [0.2, 0.25) is 0 Å². The Morgan fingerprint density at radius 2 is 1.68 bits per heavy atom. The number of aromatic hydroxyl groups is 1. The number of unbranched alkanes of at least 4 members (excludes halogenated alkanes) is 4. The standard InChI is InChI=1S/C31H47N3O4/c1-23(20-33-21-24(2)35)26-19-27(34-22-26)15-17-37-31-18-25(10-14-30(31)36)9-11-29-13-12-28(38-29)8-6-4-3-5-7-16-32/h10,12-14,18-19,22-24,33-36H,3-9,11,15-17,20-21,32H2,1-2H3/t23-,24-/m0/s1. The number of aryl methyl sites for hydroxylation is 3. The molecule has 0 saturated carbocycles. The topological polar surface area (TPSA) is 117 Å². The highest BCUT2D eigenvalue weighted by molar-refractivity contribution is 5.42. The van der Waals surface area contributed by atoms with Gasteiger partial charge in [-0.3, -0.25) is 0 Å². The molecule has 0 radical (unpaired) electrons. The van der Waals surface area contributed by atoms with Crippen LogP contribution in [-0.4, -0.2) is 47.5 Å². The van der Waals surface area contributed by atoms with Crippen LogP contribution in [0.5, 0.6) is 11.5 Å². The first-order valence-electron chi connectivity index (χ1n) is 14.2. The number of phenolic OH excluding ortho intramolecular Hbond substituents is 1. The summed E-state index contributed by atoms with van der Waals surface area (Å²) < 4.78 is 12.0. The predicted molar refractivity (Wildman–Crippen MR) is 153 cm³/mol. The van der Waals surface area contributed by atoms with Crippen molar-refractivity contribution in [1.29, 1.82) is 0 Å². The number of benzene rings is 1. The molecule has 7 heteroatoms. The van der Waals surface area contributed by atoms with Gasteiger partial charge in [-0.15, -0.1) is 0 Å². The maximum atomic E-state index is 10.3. The fourth-order valence-electron chi connectivity index (χ4n) is 4.55. The van der Waals surface area contributed by atoms with Crippen LogP contribution >= 0.6 is 0 Å². The molecule has 0 bridgehead atoms. The maximum absolute atomic E-state index is 10.3. The lowest BCUT2D eigenvalue weighted by Gasteiger charge is -2.12. The number of hydrogen-bond acceptors (Lipinski definition) is 6. The van der Waals surface area contributed by atoms with Gasteiger partial charge in [0.1, 0.15) is 11.5 Å². The Kier molecular flexibility index (Phi) is 12.8. The normalized spacial score (nSPS) is 13.1. The molecule has 0 aliphatic carbocycles. The summed E-state index contributed by atoms with van der Waals surface area (Å²) in [5.41, 5.74) is 8.99. The number of nitrogens with two attached hydrogens (primary N) is 1. The van der Waals surface area contributed by atoms with E-state index in [0.29, 0.717) is 24.8 Å².